The number of rotatable bonds is 6. The number of nitrogens with one attached hydrogen (secondary N) is 1. The molecule has 0 bridgehead atoms. The second kappa shape index (κ2) is 6.78. The molecule has 0 aromatic heterocycles. The number of aliphatic hydroxyl groups is 1. The number of carbonyl (C=O) groups is 1. The van der Waals surface area contributed by atoms with Crippen molar-refractivity contribution in [2.24, 2.45) is 5.41 Å². The van der Waals surface area contributed by atoms with Gasteiger partial charge in [-0.1, -0.05) is 31.5 Å². The molecule has 5 heteroatoms. The second-order valence-corrected chi connectivity index (χ2v) is 5.54. The molecule has 0 aliphatic carbocycles. The van der Waals surface area contributed by atoms with Crippen LogP contribution < -0.4 is 10.1 Å². The largest absolute Gasteiger partial charge is 0.496 e. The summed E-state index contributed by atoms with van der Waals surface area (Å²) in [5, 5.41) is 12.1. The molecule has 19 heavy (non-hydrogen) atoms. The molecular weight excluding hydrogens is 266 g/mol. The van der Waals surface area contributed by atoms with Gasteiger partial charge in [0.25, 0.3) is 5.91 Å². The summed E-state index contributed by atoms with van der Waals surface area (Å²) in [7, 11) is 1.50. The normalized spacial score (nSPS) is 11.2. The Morgan fingerprint density at radius 1 is 1.47 bits per heavy atom. The molecule has 0 heterocycles. The summed E-state index contributed by atoms with van der Waals surface area (Å²) in [5.41, 5.74) is 0.172. The Hall–Kier alpha value is -1.26. The predicted molar refractivity (Wildman–Crippen MR) is 75.8 cm³/mol. The van der Waals surface area contributed by atoms with E-state index >= 15 is 0 Å². The fourth-order valence-electron chi connectivity index (χ4n) is 1.69. The molecule has 0 aliphatic heterocycles. The lowest BCUT2D eigenvalue weighted by Gasteiger charge is -2.24. The number of halogens is 1. The number of benzene rings is 1. The Bertz CT molecular complexity index is 446. The van der Waals surface area contributed by atoms with Gasteiger partial charge in [0, 0.05) is 13.2 Å². The number of amides is 1. The topological polar surface area (TPSA) is 58.6 Å². The molecule has 0 saturated carbocycles. The monoisotopic (exact) mass is 285 g/mol. The van der Waals surface area contributed by atoms with Gasteiger partial charge in [-0.15, -0.1) is 0 Å². The highest BCUT2D eigenvalue weighted by Crippen LogP contribution is 2.26. The van der Waals surface area contributed by atoms with E-state index in [-0.39, 0.29) is 17.9 Å². The third-order valence-electron chi connectivity index (χ3n) is 2.94. The molecule has 2 N–H and O–H groups in total. The van der Waals surface area contributed by atoms with Crippen LogP contribution in [0.25, 0.3) is 0 Å². The number of methoxy groups -OCH3 is 1. The van der Waals surface area contributed by atoms with E-state index in [0.29, 0.717) is 29.3 Å². The van der Waals surface area contributed by atoms with Crippen LogP contribution in [0, 0.1) is 5.41 Å². The lowest BCUT2D eigenvalue weighted by atomic mass is 9.89. The van der Waals surface area contributed by atoms with Gasteiger partial charge in [0.05, 0.1) is 17.7 Å². The molecule has 0 radical (unpaired) electrons. The standard InChI is InChI=1S/C14H20ClNO3/c1-14(2,7-8-17)9-16-13(18)12-10(15)5-4-6-11(12)19-3/h4-6,17H,7-9H2,1-3H3,(H,16,18). The van der Waals surface area contributed by atoms with Gasteiger partial charge in [0.2, 0.25) is 0 Å². The average molecular weight is 286 g/mol. The third kappa shape index (κ3) is 4.40. The van der Waals surface area contributed by atoms with E-state index in [0.717, 1.165) is 0 Å². The van der Waals surface area contributed by atoms with Crippen molar-refractivity contribution in [1.82, 2.24) is 5.32 Å². The molecule has 106 valence electrons. The zero-order valence-electron chi connectivity index (χ0n) is 11.5. The summed E-state index contributed by atoms with van der Waals surface area (Å²) in [4.78, 5) is 12.2. The maximum absolute atomic E-state index is 12.2. The van der Waals surface area contributed by atoms with Gasteiger partial charge >= 0.3 is 0 Å². The first-order chi connectivity index (χ1) is 8.91. The zero-order valence-corrected chi connectivity index (χ0v) is 12.3. The van der Waals surface area contributed by atoms with Gasteiger partial charge < -0.3 is 15.2 Å². The third-order valence-corrected chi connectivity index (χ3v) is 3.25. The number of carbonyl (C=O) groups excluding carboxylic acids is 1. The van der Waals surface area contributed by atoms with Gasteiger partial charge in [0.15, 0.2) is 0 Å². The minimum absolute atomic E-state index is 0.0955. The Balaban J connectivity index is 2.79. The van der Waals surface area contributed by atoms with E-state index < -0.39 is 0 Å². The Kier molecular flexibility index (Phi) is 5.63. The highest BCUT2D eigenvalue weighted by molar-refractivity contribution is 6.34. The summed E-state index contributed by atoms with van der Waals surface area (Å²) in [5.74, 6) is 0.179. The van der Waals surface area contributed by atoms with E-state index in [4.69, 9.17) is 21.4 Å². The molecule has 1 aromatic carbocycles. The van der Waals surface area contributed by atoms with Crippen molar-refractivity contribution >= 4 is 17.5 Å². The van der Waals surface area contributed by atoms with E-state index in [2.05, 4.69) is 5.32 Å². The van der Waals surface area contributed by atoms with Crippen molar-refractivity contribution < 1.29 is 14.6 Å². The molecule has 1 amide bonds. The van der Waals surface area contributed by atoms with Gasteiger partial charge in [-0.25, -0.2) is 0 Å². The molecule has 1 rings (SSSR count). The first-order valence-corrected chi connectivity index (χ1v) is 6.50. The van der Waals surface area contributed by atoms with Crippen molar-refractivity contribution in [3.8, 4) is 5.75 Å². The smallest absolute Gasteiger partial charge is 0.256 e. The molecular formula is C14H20ClNO3. The SMILES string of the molecule is COc1cccc(Cl)c1C(=O)NCC(C)(C)CCO. The molecule has 0 aliphatic rings. The fraction of sp³-hybridized carbons (Fsp3) is 0.500. The van der Waals surface area contributed by atoms with Crippen molar-refractivity contribution in [3.63, 3.8) is 0 Å². The quantitative estimate of drug-likeness (QED) is 0.844. The van der Waals surface area contributed by atoms with Gasteiger partial charge in [-0.05, 0) is 24.0 Å². The first-order valence-electron chi connectivity index (χ1n) is 6.13. The van der Waals surface area contributed by atoms with Crippen molar-refractivity contribution in [2.75, 3.05) is 20.3 Å². The minimum Gasteiger partial charge on any atom is -0.496 e. The predicted octanol–water partition coefficient (Wildman–Crippen LogP) is 2.49. The molecule has 0 fully saturated rings. The Labute approximate surface area is 118 Å². The highest BCUT2D eigenvalue weighted by atomic mass is 35.5. The molecule has 0 unspecified atom stereocenters. The van der Waals surface area contributed by atoms with Gasteiger partial charge in [0.1, 0.15) is 5.75 Å². The van der Waals surface area contributed by atoms with Crippen LogP contribution in [-0.4, -0.2) is 31.3 Å². The van der Waals surface area contributed by atoms with E-state index in [1.807, 2.05) is 13.8 Å². The summed E-state index contributed by atoms with van der Waals surface area (Å²) in [6.07, 6.45) is 0.618. The van der Waals surface area contributed by atoms with Crippen molar-refractivity contribution in [3.05, 3.63) is 28.8 Å². The summed E-state index contributed by atoms with van der Waals surface area (Å²) in [6.45, 7) is 4.51. The lowest BCUT2D eigenvalue weighted by molar-refractivity contribution is 0.0925. The van der Waals surface area contributed by atoms with Crippen LogP contribution in [0.3, 0.4) is 0 Å². The van der Waals surface area contributed by atoms with Crippen molar-refractivity contribution in [2.45, 2.75) is 20.3 Å². The Morgan fingerprint density at radius 3 is 2.74 bits per heavy atom. The van der Waals surface area contributed by atoms with Crippen LogP contribution >= 0.6 is 11.6 Å². The zero-order chi connectivity index (χ0) is 14.5. The first kappa shape index (κ1) is 15.8. The van der Waals surface area contributed by atoms with Crippen LogP contribution in [0.5, 0.6) is 5.75 Å². The maximum Gasteiger partial charge on any atom is 0.256 e. The molecule has 0 atom stereocenters. The van der Waals surface area contributed by atoms with Crippen LogP contribution in [0.4, 0.5) is 0 Å². The molecule has 0 spiro atoms. The van der Waals surface area contributed by atoms with Crippen LogP contribution in [-0.2, 0) is 0 Å². The average Bonchev–Trinajstić information content (AvgIpc) is 2.35. The molecule has 4 nitrogen and oxygen atoms in total. The summed E-state index contributed by atoms with van der Waals surface area (Å²) >= 11 is 6.03. The van der Waals surface area contributed by atoms with Crippen LogP contribution in [0.1, 0.15) is 30.6 Å². The lowest BCUT2D eigenvalue weighted by Crippen LogP contribution is -2.34. The van der Waals surface area contributed by atoms with Crippen LogP contribution in [0.15, 0.2) is 18.2 Å². The number of aliphatic hydroxyl groups excluding tert-OH is 1. The fourth-order valence-corrected chi connectivity index (χ4v) is 1.95. The highest BCUT2D eigenvalue weighted by Gasteiger charge is 2.21. The number of ether oxygens (including phenoxy) is 1. The van der Waals surface area contributed by atoms with Gasteiger partial charge in [-0.3, -0.25) is 4.79 Å². The van der Waals surface area contributed by atoms with Gasteiger partial charge in [-0.2, -0.15) is 0 Å². The summed E-state index contributed by atoms with van der Waals surface area (Å²) in [6, 6.07) is 5.07. The van der Waals surface area contributed by atoms with Crippen molar-refractivity contribution in [1.29, 1.82) is 0 Å². The maximum atomic E-state index is 12.2. The Morgan fingerprint density at radius 2 is 2.16 bits per heavy atom. The minimum atomic E-state index is -0.270. The second-order valence-electron chi connectivity index (χ2n) is 5.14. The van der Waals surface area contributed by atoms with E-state index in [9.17, 15) is 4.79 Å². The molecule has 1 aromatic rings. The van der Waals surface area contributed by atoms with E-state index in [1.165, 1.54) is 7.11 Å². The molecule has 0 saturated heterocycles. The summed E-state index contributed by atoms with van der Waals surface area (Å²) < 4.78 is 5.14. The number of hydrogen-bond donors (Lipinski definition) is 2. The van der Waals surface area contributed by atoms with Crippen LogP contribution in [0.2, 0.25) is 5.02 Å². The number of hydrogen-bond acceptors (Lipinski definition) is 3. The van der Waals surface area contributed by atoms with E-state index in [1.54, 1.807) is 18.2 Å².